The number of carbonyl (C=O) groups excluding carboxylic acids is 1. The minimum atomic E-state index is -4.57. The van der Waals surface area contributed by atoms with E-state index in [1.165, 1.54) is 12.8 Å². The highest BCUT2D eigenvalue weighted by atomic mass is 19.4. The molecule has 4 fully saturated rings. The molecule has 32 heavy (non-hydrogen) atoms. The minimum absolute atomic E-state index is 0.0918. The number of hydrogen-bond acceptors (Lipinski definition) is 6. The Labute approximate surface area is 181 Å². The van der Waals surface area contributed by atoms with E-state index in [1.54, 1.807) is 9.80 Å². The van der Waals surface area contributed by atoms with Crippen LogP contribution >= 0.6 is 0 Å². The van der Waals surface area contributed by atoms with Crippen molar-refractivity contribution in [1.29, 1.82) is 0 Å². The lowest BCUT2D eigenvalue weighted by molar-refractivity contribution is -0.140. The minimum Gasteiger partial charge on any atom is -0.469 e. The number of alkyl halides is 3. The van der Waals surface area contributed by atoms with Crippen LogP contribution in [0.1, 0.15) is 49.0 Å². The zero-order chi connectivity index (χ0) is 22.1. The number of rotatable bonds is 4. The molecule has 2 aromatic heterocycles. The quantitative estimate of drug-likeness (QED) is 0.713. The lowest BCUT2D eigenvalue weighted by Crippen LogP contribution is -2.69. The van der Waals surface area contributed by atoms with E-state index in [2.05, 4.69) is 20.3 Å². The van der Waals surface area contributed by atoms with Gasteiger partial charge < -0.3 is 14.5 Å². The number of urea groups is 1. The van der Waals surface area contributed by atoms with E-state index in [4.69, 9.17) is 4.74 Å². The first-order valence-corrected chi connectivity index (χ1v) is 10.8. The second kappa shape index (κ2) is 6.79. The molecule has 2 aromatic rings. The van der Waals surface area contributed by atoms with E-state index in [1.807, 2.05) is 11.0 Å². The van der Waals surface area contributed by atoms with Gasteiger partial charge in [-0.25, -0.2) is 14.5 Å². The van der Waals surface area contributed by atoms with E-state index >= 15 is 0 Å². The van der Waals surface area contributed by atoms with Crippen molar-refractivity contribution in [3.63, 3.8) is 0 Å². The van der Waals surface area contributed by atoms with Crippen molar-refractivity contribution in [2.75, 3.05) is 26.2 Å². The number of likely N-dealkylation sites (tertiary alicyclic amines) is 2. The summed E-state index contributed by atoms with van der Waals surface area (Å²) in [6, 6.07) is 1.09. The Morgan fingerprint density at radius 3 is 2.59 bits per heavy atom. The van der Waals surface area contributed by atoms with Crippen LogP contribution in [0.15, 0.2) is 18.6 Å². The highest BCUT2D eigenvalue weighted by Crippen LogP contribution is 2.54. The molecule has 0 atom stereocenters. The first-order valence-electron chi connectivity index (χ1n) is 10.8. The second-order valence-electron chi connectivity index (χ2n) is 9.45. The fourth-order valence-corrected chi connectivity index (χ4v) is 4.92. The molecule has 2 saturated heterocycles. The van der Waals surface area contributed by atoms with Crippen molar-refractivity contribution in [3.8, 4) is 5.88 Å². The molecular formula is C20H22F3N7O2. The number of ether oxygens (including phenoxy) is 1. The maximum Gasteiger partial charge on any atom is 0.421 e. The summed E-state index contributed by atoms with van der Waals surface area (Å²) in [7, 11) is 0. The zero-order valence-corrected chi connectivity index (χ0v) is 17.2. The zero-order valence-electron chi connectivity index (χ0n) is 17.2. The van der Waals surface area contributed by atoms with E-state index in [-0.39, 0.29) is 24.5 Å². The second-order valence-corrected chi connectivity index (χ2v) is 9.45. The number of carbonyl (C=O) groups is 1. The molecule has 0 bridgehead atoms. The lowest BCUT2D eigenvalue weighted by atomic mass is 9.61. The molecule has 0 aromatic carbocycles. The van der Waals surface area contributed by atoms with Gasteiger partial charge in [-0.3, -0.25) is 0 Å². The smallest absolute Gasteiger partial charge is 0.421 e. The third-order valence-corrected chi connectivity index (χ3v) is 6.89. The normalized spacial score (nSPS) is 23.0. The number of aromatic nitrogens is 5. The summed E-state index contributed by atoms with van der Waals surface area (Å²) in [6.45, 7) is 1.89. The lowest BCUT2D eigenvalue weighted by Gasteiger charge is -2.59. The van der Waals surface area contributed by atoms with Crippen molar-refractivity contribution in [2.45, 2.75) is 49.9 Å². The van der Waals surface area contributed by atoms with Crippen molar-refractivity contribution in [1.82, 2.24) is 34.8 Å². The van der Waals surface area contributed by atoms with Gasteiger partial charge in [0.1, 0.15) is 18.0 Å². The third kappa shape index (κ3) is 3.36. The Hall–Kier alpha value is -2.92. The molecule has 0 N–H and O–H groups in total. The summed E-state index contributed by atoms with van der Waals surface area (Å²) < 4.78 is 46.5. The molecule has 0 unspecified atom stereocenters. The van der Waals surface area contributed by atoms with Gasteiger partial charge in [0.05, 0.1) is 25.3 Å². The maximum atomic E-state index is 13.0. The van der Waals surface area contributed by atoms with Crippen LogP contribution in [-0.4, -0.2) is 73.1 Å². The van der Waals surface area contributed by atoms with Gasteiger partial charge in [-0.15, -0.1) is 5.10 Å². The molecule has 2 amide bonds. The molecular weight excluding hydrogens is 427 g/mol. The first kappa shape index (κ1) is 19.7. The van der Waals surface area contributed by atoms with Crippen molar-refractivity contribution < 1.29 is 22.7 Å². The summed E-state index contributed by atoms with van der Waals surface area (Å²) in [6.07, 6.45) is 2.06. The van der Waals surface area contributed by atoms with Crippen LogP contribution in [0.5, 0.6) is 5.88 Å². The van der Waals surface area contributed by atoms with Gasteiger partial charge >= 0.3 is 12.2 Å². The van der Waals surface area contributed by atoms with E-state index in [9.17, 15) is 18.0 Å². The highest BCUT2D eigenvalue weighted by Gasteiger charge is 2.56. The fraction of sp³-hybridized carbons (Fsp3) is 0.650. The monoisotopic (exact) mass is 449 g/mol. The van der Waals surface area contributed by atoms with Gasteiger partial charge in [-0.1, -0.05) is 0 Å². The predicted molar refractivity (Wildman–Crippen MR) is 103 cm³/mol. The number of amides is 2. The van der Waals surface area contributed by atoms with Crippen LogP contribution < -0.4 is 4.74 Å². The molecule has 6 rings (SSSR count). The molecule has 4 aliphatic rings. The Morgan fingerprint density at radius 2 is 1.91 bits per heavy atom. The van der Waals surface area contributed by atoms with Gasteiger partial charge in [-0.2, -0.15) is 23.4 Å². The standard InChI is InChI=1S/C20H22F3N7O2/c21-20(22,23)15-3-4-25-26-17(15)32-14-7-28(8-14)18(31)29-9-19(10-29)5-13(6-19)30-11-24-16(27-30)12-1-2-12/h3-4,11-14H,1-2,5-10H2. The van der Waals surface area contributed by atoms with Crippen LogP contribution in [-0.2, 0) is 6.18 Å². The Bertz CT molecular complexity index is 1030. The molecule has 1 spiro atoms. The van der Waals surface area contributed by atoms with Crippen molar-refractivity contribution in [3.05, 3.63) is 30.0 Å². The van der Waals surface area contributed by atoms with Crippen LogP contribution in [0.25, 0.3) is 0 Å². The maximum absolute atomic E-state index is 13.0. The van der Waals surface area contributed by atoms with Gasteiger partial charge in [0.15, 0.2) is 5.82 Å². The van der Waals surface area contributed by atoms with Crippen molar-refractivity contribution >= 4 is 6.03 Å². The summed E-state index contributed by atoms with van der Waals surface area (Å²) in [4.78, 5) is 20.5. The Balaban J connectivity index is 0.969. The molecule has 12 heteroatoms. The average molecular weight is 449 g/mol. The Kier molecular flexibility index (Phi) is 4.19. The summed E-state index contributed by atoms with van der Waals surface area (Å²) in [5.41, 5.74) is -0.799. The van der Waals surface area contributed by atoms with Crippen LogP contribution in [0.3, 0.4) is 0 Å². The topological polar surface area (TPSA) is 89.3 Å². The van der Waals surface area contributed by atoms with E-state index in [0.717, 1.165) is 30.9 Å². The molecule has 2 aliphatic heterocycles. The third-order valence-electron chi connectivity index (χ3n) is 6.89. The largest absolute Gasteiger partial charge is 0.469 e. The molecule has 170 valence electrons. The highest BCUT2D eigenvalue weighted by molar-refractivity contribution is 5.76. The molecule has 2 saturated carbocycles. The molecule has 2 aliphatic carbocycles. The van der Waals surface area contributed by atoms with Gasteiger partial charge in [0, 0.05) is 24.4 Å². The van der Waals surface area contributed by atoms with Gasteiger partial charge in [0.2, 0.25) is 5.88 Å². The molecule has 0 radical (unpaired) electrons. The van der Waals surface area contributed by atoms with Crippen molar-refractivity contribution in [2.24, 2.45) is 5.41 Å². The van der Waals surface area contributed by atoms with E-state index < -0.39 is 23.7 Å². The first-order chi connectivity index (χ1) is 15.3. The number of hydrogen-bond donors (Lipinski definition) is 0. The number of halogens is 3. The SMILES string of the molecule is O=C(N1CC(Oc2nnccc2C(F)(F)F)C1)N1CC2(CC(n3cnc(C4CC4)n3)C2)C1. The number of nitrogens with zero attached hydrogens (tertiary/aromatic N) is 7. The molecule has 9 nitrogen and oxygen atoms in total. The van der Waals surface area contributed by atoms with Gasteiger partial charge in [-0.05, 0) is 31.7 Å². The van der Waals surface area contributed by atoms with Gasteiger partial charge in [0.25, 0.3) is 0 Å². The summed E-state index contributed by atoms with van der Waals surface area (Å²) >= 11 is 0. The average Bonchev–Trinajstić information content (AvgIpc) is 3.39. The fourth-order valence-electron chi connectivity index (χ4n) is 4.92. The van der Waals surface area contributed by atoms with Crippen LogP contribution in [0.4, 0.5) is 18.0 Å². The van der Waals surface area contributed by atoms with Crippen LogP contribution in [0, 0.1) is 5.41 Å². The summed E-state index contributed by atoms with van der Waals surface area (Å²) in [5, 5.41) is 11.5. The van der Waals surface area contributed by atoms with Crippen LogP contribution in [0.2, 0.25) is 0 Å². The predicted octanol–water partition coefficient (Wildman–Crippen LogP) is 2.48. The summed E-state index contributed by atoms with van der Waals surface area (Å²) in [5.74, 6) is 0.952. The molecule has 4 heterocycles. The van der Waals surface area contributed by atoms with E-state index in [0.29, 0.717) is 25.0 Å². The Morgan fingerprint density at radius 1 is 1.16 bits per heavy atom.